The van der Waals surface area contributed by atoms with Gasteiger partial charge < -0.3 is 10.6 Å². The zero-order valence-electron chi connectivity index (χ0n) is 14.6. The van der Waals surface area contributed by atoms with Gasteiger partial charge in [-0.15, -0.1) is 0 Å². The number of anilines is 4. The summed E-state index contributed by atoms with van der Waals surface area (Å²) in [6, 6.07) is 23.1. The summed E-state index contributed by atoms with van der Waals surface area (Å²) in [5.41, 5.74) is 4.19. The van der Waals surface area contributed by atoms with Crippen LogP contribution in [0.3, 0.4) is 0 Å². The van der Waals surface area contributed by atoms with Crippen molar-refractivity contribution in [1.82, 2.24) is 0 Å². The van der Waals surface area contributed by atoms with E-state index in [2.05, 4.69) is 27.6 Å². The van der Waals surface area contributed by atoms with Crippen LogP contribution in [0, 0.1) is 40.6 Å². The van der Waals surface area contributed by atoms with Gasteiger partial charge in [0.1, 0.15) is 12.1 Å². The lowest BCUT2D eigenvalue weighted by molar-refractivity contribution is 1.41. The zero-order chi connectivity index (χ0) is 19.9. The van der Waals surface area contributed by atoms with Crippen LogP contribution in [-0.4, -0.2) is 0 Å². The lowest BCUT2D eigenvalue weighted by Crippen LogP contribution is -1.99. The average molecular weight is 360 g/mol. The SMILES string of the molecule is [C-]#[N+]c1ccc(Nc2cc(C#N)c(Nc3ccc(C#N)cc3)cc2C#N)cc1. The molecule has 3 aromatic carbocycles. The summed E-state index contributed by atoms with van der Waals surface area (Å²) < 4.78 is 0. The standard InChI is InChI=1S/C22H12N6/c1-26-18-6-8-20(9-7-18)28-22-11-16(13-24)21(10-17(22)14-25)27-19-4-2-15(12-23)3-5-19/h2-11,27-28H. The fourth-order valence-corrected chi connectivity index (χ4v) is 2.55. The number of nitrogens with one attached hydrogen (secondary N) is 2. The minimum absolute atomic E-state index is 0.364. The third kappa shape index (κ3) is 3.89. The van der Waals surface area contributed by atoms with Gasteiger partial charge in [-0.05, 0) is 48.5 Å². The predicted octanol–water partition coefficient (Wildman–Crippen LogP) is 5.34. The summed E-state index contributed by atoms with van der Waals surface area (Å²) in [6.45, 7) is 6.99. The van der Waals surface area contributed by atoms with Crippen molar-refractivity contribution in [2.24, 2.45) is 0 Å². The van der Waals surface area contributed by atoms with E-state index in [1.54, 1.807) is 60.7 Å². The highest BCUT2D eigenvalue weighted by Crippen LogP contribution is 2.30. The average Bonchev–Trinajstić information content (AvgIpc) is 2.75. The molecule has 0 heterocycles. The molecule has 3 aromatic rings. The molecule has 2 N–H and O–H groups in total. The second-order valence-electron chi connectivity index (χ2n) is 5.76. The lowest BCUT2D eigenvalue weighted by atomic mass is 10.1. The summed E-state index contributed by atoms with van der Waals surface area (Å²) in [4.78, 5) is 3.34. The Morgan fingerprint density at radius 2 is 1.14 bits per heavy atom. The van der Waals surface area contributed by atoms with Gasteiger partial charge in [0, 0.05) is 11.4 Å². The molecule has 28 heavy (non-hydrogen) atoms. The predicted molar refractivity (Wildman–Crippen MR) is 106 cm³/mol. The second-order valence-corrected chi connectivity index (χ2v) is 5.76. The van der Waals surface area contributed by atoms with Crippen LogP contribution in [0.25, 0.3) is 4.85 Å². The minimum Gasteiger partial charge on any atom is -0.354 e. The number of nitriles is 3. The molecule has 0 spiro atoms. The monoisotopic (exact) mass is 360 g/mol. The van der Waals surface area contributed by atoms with Crippen molar-refractivity contribution in [1.29, 1.82) is 15.8 Å². The fourth-order valence-electron chi connectivity index (χ4n) is 2.55. The normalized spacial score (nSPS) is 9.29. The molecule has 0 aliphatic heterocycles. The van der Waals surface area contributed by atoms with Crippen LogP contribution in [0.2, 0.25) is 0 Å². The van der Waals surface area contributed by atoms with E-state index >= 15 is 0 Å². The van der Waals surface area contributed by atoms with Gasteiger partial charge in [-0.2, -0.15) is 15.8 Å². The molecule has 0 saturated carbocycles. The highest BCUT2D eigenvalue weighted by molar-refractivity contribution is 5.77. The Labute approximate surface area is 162 Å². The number of nitrogens with zero attached hydrogens (tertiary/aromatic N) is 4. The summed E-state index contributed by atoms with van der Waals surface area (Å²) in [5.74, 6) is 0. The molecule has 6 nitrogen and oxygen atoms in total. The van der Waals surface area contributed by atoms with Crippen LogP contribution in [0.4, 0.5) is 28.4 Å². The molecule has 0 atom stereocenters. The third-order valence-corrected chi connectivity index (χ3v) is 3.97. The van der Waals surface area contributed by atoms with E-state index in [1.165, 1.54) is 0 Å². The quantitative estimate of drug-likeness (QED) is 0.612. The van der Waals surface area contributed by atoms with Crippen molar-refractivity contribution in [3.8, 4) is 18.2 Å². The maximum atomic E-state index is 9.52. The summed E-state index contributed by atoms with van der Waals surface area (Å²) in [7, 11) is 0. The molecule has 130 valence electrons. The molecule has 0 fully saturated rings. The first-order chi connectivity index (χ1) is 13.7. The zero-order valence-corrected chi connectivity index (χ0v) is 14.6. The van der Waals surface area contributed by atoms with Crippen LogP contribution in [-0.2, 0) is 0 Å². The highest BCUT2D eigenvalue weighted by Gasteiger charge is 2.11. The van der Waals surface area contributed by atoms with Gasteiger partial charge in [0.25, 0.3) is 0 Å². The molecule has 0 aliphatic carbocycles. The van der Waals surface area contributed by atoms with Crippen LogP contribution < -0.4 is 10.6 Å². The Morgan fingerprint density at radius 1 is 0.679 bits per heavy atom. The highest BCUT2D eigenvalue weighted by atomic mass is 14.9. The van der Waals surface area contributed by atoms with E-state index in [1.807, 2.05) is 6.07 Å². The van der Waals surface area contributed by atoms with Gasteiger partial charge in [-0.1, -0.05) is 12.1 Å². The molecule has 0 radical (unpaired) electrons. The van der Waals surface area contributed by atoms with Gasteiger partial charge in [0.05, 0.1) is 40.7 Å². The number of rotatable bonds is 4. The number of hydrogen-bond acceptors (Lipinski definition) is 5. The van der Waals surface area contributed by atoms with Gasteiger partial charge >= 0.3 is 0 Å². The van der Waals surface area contributed by atoms with Crippen LogP contribution >= 0.6 is 0 Å². The Kier molecular flexibility index (Phi) is 5.19. The molecule has 0 saturated heterocycles. The van der Waals surface area contributed by atoms with Crippen LogP contribution in [0.5, 0.6) is 0 Å². The summed E-state index contributed by atoms with van der Waals surface area (Å²) in [5, 5.41) is 34.2. The maximum absolute atomic E-state index is 9.52. The Bertz CT molecular complexity index is 1080. The first-order valence-electron chi connectivity index (χ1n) is 8.17. The van der Waals surface area contributed by atoms with Crippen molar-refractivity contribution in [2.75, 3.05) is 10.6 Å². The topological polar surface area (TPSA) is 99.8 Å². The molecular formula is C22H12N6. The van der Waals surface area contributed by atoms with Gasteiger partial charge in [-0.3, -0.25) is 0 Å². The smallest absolute Gasteiger partial charge is 0.187 e. The van der Waals surface area contributed by atoms with Gasteiger partial charge in [-0.25, -0.2) is 4.85 Å². The summed E-state index contributed by atoms with van der Waals surface area (Å²) in [6.07, 6.45) is 0. The van der Waals surface area contributed by atoms with Crippen LogP contribution in [0.15, 0.2) is 60.7 Å². The van der Waals surface area contributed by atoms with E-state index in [-0.39, 0.29) is 0 Å². The van der Waals surface area contributed by atoms with E-state index in [9.17, 15) is 10.5 Å². The van der Waals surface area contributed by atoms with Crippen LogP contribution in [0.1, 0.15) is 16.7 Å². The van der Waals surface area contributed by atoms with E-state index in [0.29, 0.717) is 45.1 Å². The fraction of sp³-hybridized carbons (Fsp3) is 0. The Balaban J connectivity index is 1.93. The van der Waals surface area contributed by atoms with E-state index < -0.39 is 0 Å². The summed E-state index contributed by atoms with van der Waals surface area (Å²) >= 11 is 0. The molecule has 0 aliphatic rings. The van der Waals surface area contributed by atoms with Crippen molar-refractivity contribution < 1.29 is 0 Å². The lowest BCUT2D eigenvalue weighted by Gasteiger charge is -2.13. The molecule has 0 amide bonds. The van der Waals surface area contributed by atoms with E-state index in [0.717, 1.165) is 0 Å². The number of benzene rings is 3. The first kappa shape index (κ1) is 18.0. The molecular weight excluding hydrogens is 348 g/mol. The van der Waals surface area contributed by atoms with Crippen molar-refractivity contribution in [2.45, 2.75) is 0 Å². The van der Waals surface area contributed by atoms with E-state index in [4.69, 9.17) is 11.8 Å². The van der Waals surface area contributed by atoms with Crippen molar-refractivity contribution in [3.05, 3.63) is 88.8 Å². The Hall–Kier alpha value is -4.78. The number of hydrogen-bond donors (Lipinski definition) is 2. The van der Waals surface area contributed by atoms with Crippen molar-refractivity contribution >= 4 is 28.4 Å². The Morgan fingerprint density at radius 3 is 1.54 bits per heavy atom. The minimum atomic E-state index is 0.364. The molecule has 0 aromatic heterocycles. The van der Waals surface area contributed by atoms with Gasteiger partial charge in [0.15, 0.2) is 5.69 Å². The molecule has 0 bridgehead atoms. The van der Waals surface area contributed by atoms with Gasteiger partial charge in [0.2, 0.25) is 0 Å². The molecule has 0 unspecified atom stereocenters. The van der Waals surface area contributed by atoms with Crippen molar-refractivity contribution in [3.63, 3.8) is 0 Å². The largest absolute Gasteiger partial charge is 0.354 e. The molecule has 6 heteroatoms. The third-order valence-electron chi connectivity index (χ3n) is 3.97. The molecule has 3 rings (SSSR count). The first-order valence-corrected chi connectivity index (χ1v) is 8.17. The maximum Gasteiger partial charge on any atom is 0.187 e. The second kappa shape index (κ2) is 8.07.